The minimum atomic E-state index is -0.0441. The zero-order valence-electron chi connectivity index (χ0n) is 9.73. The minimum absolute atomic E-state index is 0.0441. The molecule has 2 aromatic rings. The van der Waals surface area contributed by atoms with Crippen molar-refractivity contribution in [2.75, 3.05) is 5.75 Å². The van der Waals surface area contributed by atoms with Crippen molar-refractivity contribution >= 4 is 29.3 Å². The van der Waals surface area contributed by atoms with Crippen LogP contribution in [0.5, 0.6) is 0 Å². The second-order valence-corrected chi connectivity index (χ2v) is 4.44. The van der Waals surface area contributed by atoms with Gasteiger partial charge in [0.15, 0.2) is 0 Å². The molecule has 0 aromatic heterocycles. The summed E-state index contributed by atoms with van der Waals surface area (Å²) in [5.41, 5.74) is 2.37. The van der Waals surface area contributed by atoms with E-state index in [-0.39, 0.29) is 11.7 Å². The molecule has 2 rings (SSSR count). The Hall–Kier alpha value is -1.48. The monoisotopic (exact) mass is 245 g/mol. The molecule has 2 aromatic carbocycles. The smallest absolute Gasteiger partial charge is 0.229 e. The van der Waals surface area contributed by atoms with E-state index in [4.69, 9.17) is 0 Å². The van der Waals surface area contributed by atoms with Crippen molar-refractivity contribution in [3.8, 4) is 0 Å². The molecule has 0 radical (unpaired) electrons. The SMILES string of the molecule is Cc1ccc2cc(CNC(=O)CS)ccc2c1. The van der Waals surface area contributed by atoms with E-state index in [1.54, 1.807) is 0 Å². The van der Waals surface area contributed by atoms with E-state index >= 15 is 0 Å². The van der Waals surface area contributed by atoms with Crippen LogP contribution < -0.4 is 5.32 Å². The maximum Gasteiger partial charge on any atom is 0.229 e. The van der Waals surface area contributed by atoms with Gasteiger partial charge in [-0.2, -0.15) is 12.6 Å². The molecule has 2 nitrogen and oxygen atoms in total. The van der Waals surface area contributed by atoms with E-state index in [1.807, 2.05) is 6.07 Å². The molecule has 0 spiro atoms. The van der Waals surface area contributed by atoms with Gasteiger partial charge >= 0.3 is 0 Å². The zero-order chi connectivity index (χ0) is 12.3. The van der Waals surface area contributed by atoms with Crippen LogP contribution in [-0.4, -0.2) is 11.7 Å². The van der Waals surface area contributed by atoms with E-state index in [1.165, 1.54) is 16.3 Å². The van der Waals surface area contributed by atoms with Crippen molar-refractivity contribution in [1.29, 1.82) is 0 Å². The molecule has 0 fully saturated rings. The van der Waals surface area contributed by atoms with Crippen LogP contribution in [0.2, 0.25) is 0 Å². The quantitative estimate of drug-likeness (QED) is 0.800. The summed E-state index contributed by atoms with van der Waals surface area (Å²) in [7, 11) is 0. The van der Waals surface area contributed by atoms with Crippen LogP contribution in [0.15, 0.2) is 36.4 Å². The molecule has 3 heteroatoms. The van der Waals surface area contributed by atoms with Gasteiger partial charge in [-0.1, -0.05) is 35.9 Å². The van der Waals surface area contributed by atoms with Crippen LogP contribution >= 0.6 is 12.6 Å². The summed E-state index contributed by atoms with van der Waals surface area (Å²) in [6, 6.07) is 12.6. The third kappa shape index (κ3) is 3.01. The number of aryl methyl sites for hydroxylation is 1. The topological polar surface area (TPSA) is 29.1 Å². The lowest BCUT2D eigenvalue weighted by atomic mass is 10.0. The second-order valence-electron chi connectivity index (χ2n) is 4.12. The fourth-order valence-electron chi connectivity index (χ4n) is 1.78. The molecule has 0 aliphatic heterocycles. The molecule has 0 saturated heterocycles. The van der Waals surface area contributed by atoms with Crippen molar-refractivity contribution in [1.82, 2.24) is 5.32 Å². The lowest BCUT2D eigenvalue weighted by molar-refractivity contribution is -0.118. The van der Waals surface area contributed by atoms with Gasteiger partial charge in [-0.3, -0.25) is 4.79 Å². The van der Waals surface area contributed by atoms with Gasteiger partial charge in [0, 0.05) is 6.54 Å². The molecule has 0 saturated carbocycles. The Bertz CT molecular complexity index is 551. The van der Waals surface area contributed by atoms with Gasteiger partial charge in [0.2, 0.25) is 5.91 Å². The predicted octanol–water partition coefficient (Wildman–Crippen LogP) is 2.69. The summed E-state index contributed by atoms with van der Waals surface area (Å²) in [6.45, 7) is 2.64. The average Bonchev–Trinajstić information content (AvgIpc) is 2.35. The van der Waals surface area contributed by atoms with Crippen molar-refractivity contribution < 1.29 is 4.79 Å². The summed E-state index contributed by atoms with van der Waals surface area (Å²) in [6.07, 6.45) is 0. The largest absolute Gasteiger partial charge is 0.351 e. The molecule has 0 unspecified atom stereocenters. The van der Waals surface area contributed by atoms with Crippen molar-refractivity contribution in [3.63, 3.8) is 0 Å². The highest BCUT2D eigenvalue weighted by Gasteiger charge is 2.00. The predicted molar refractivity (Wildman–Crippen MR) is 74.4 cm³/mol. The molecule has 0 bridgehead atoms. The van der Waals surface area contributed by atoms with Gasteiger partial charge in [-0.25, -0.2) is 0 Å². The Kier molecular flexibility index (Phi) is 3.69. The Morgan fingerprint density at radius 3 is 2.65 bits per heavy atom. The highest BCUT2D eigenvalue weighted by molar-refractivity contribution is 7.81. The molecule has 0 aliphatic rings. The van der Waals surface area contributed by atoms with E-state index in [2.05, 4.69) is 55.2 Å². The summed E-state index contributed by atoms with van der Waals surface area (Å²) < 4.78 is 0. The number of rotatable bonds is 3. The lowest BCUT2D eigenvalue weighted by Crippen LogP contribution is -2.23. The van der Waals surface area contributed by atoms with Gasteiger partial charge in [-0.05, 0) is 29.3 Å². The first-order valence-electron chi connectivity index (χ1n) is 5.56. The first-order valence-corrected chi connectivity index (χ1v) is 6.19. The Morgan fingerprint density at radius 2 is 1.88 bits per heavy atom. The number of amides is 1. The van der Waals surface area contributed by atoms with E-state index < -0.39 is 0 Å². The fraction of sp³-hybridized carbons (Fsp3) is 0.214. The van der Waals surface area contributed by atoms with Gasteiger partial charge < -0.3 is 5.32 Å². The number of nitrogens with one attached hydrogen (secondary N) is 1. The molecule has 88 valence electrons. The molecular weight excluding hydrogens is 230 g/mol. The first-order chi connectivity index (χ1) is 8.19. The number of fused-ring (bicyclic) bond motifs is 1. The Morgan fingerprint density at radius 1 is 1.18 bits per heavy atom. The second kappa shape index (κ2) is 5.23. The maximum absolute atomic E-state index is 11.1. The van der Waals surface area contributed by atoms with Crippen LogP contribution in [0.25, 0.3) is 10.8 Å². The van der Waals surface area contributed by atoms with Crippen molar-refractivity contribution in [2.45, 2.75) is 13.5 Å². The summed E-state index contributed by atoms with van der Waals surface area (Å²) in [5, 5.41) is 5.24. The molecule has 0 heterocycles. The lowest BCUT2D eigenvalue weighted by Gasteiger charge is -2.06. The summed E-state index contributed by atoms with van der Waals surface area (Å²) >= 11 is 3.92. The highest BCUT2D eigenvalue weighted by atomic mass is 32.1. The van der Waals surface area contributed by atoms with Crippen LogP contribution in [0.4, 0.5) is 0 Å². The zero-order valence-corrected chi connectivity index (χ0v) is 10.6. The van der Waals surface area contributed by atoms with Crippen molar-refractivity contribution in [2.24, 2.45) is 0 Å². The van der Waals surface area contributed by atoms with E-state index in [0.717, 1.165) is 5.56 Å². The van der Waals surface area contributed by atoms with Gasteiger partial charge in [0.25, 0.3) is 0 Å². The number of carbonyl (C=O) groups is 1. The maximum atomic E-state index is 11.1. The average molecular weight is 245 g/mol. The molecule has 0 aliphatic carbocycles. The van der Waals surface area contributed by atoms with Gasteiger partial charge in [-0.15, -0.1) is 0 Å². The summed E-state index contributed by atoms with van der Waals surface area (Å²) in [5.74, 6) is 0.185. The molecule has 1 amide bonds. The normalized spacial score (nSPS) is 10.5. The number of thiol groups is 1. The Labute approximate surface area is 106 Å². The van der Waals surface area contributed by atoms with Crippen LogP contribution in [-0.2, 0) is 11.3 Å². The van der Waals surface area contributed by atoms with Crippen LogP contribution in [0.3, 0.4) is 0 Å². The third-order valence-electron chi connectivity index (χ3n) is 2.69. The third-order valence-corrected chi connectivity index (χ3v) is 2.98. The fourth-order valence-corrected chi connectivity index (χ4v) is 1.89. The molecule has 17 heavy (non-hydrogen) atoms. The van der Waals surface area contributed by atoms with Gasteiger partial charge in [0.05, 0.1) is 5.75 Å². The van der Waals surface area contributed by atoms with Crippen LogP contribution in [0.1, 0.15) is 11.1 Å². The number of carbonyl (C=O) groups excluding carboxylic acids is 1. The number of benzene rings is 2. The molecule has 0 atom stereocenters. The number of hydrogen-bond donors (Lipinski definition) is 2. The Balaban J connectivity index is 2.20. The van der Waals surface area contributed by atoms with Crippen molar-refractivity contribution in [3.05, 3.63) is 47.5 Å². The van der Waals surface area contributed by atoms with E-state index in [0.29, 0.717) is 6.54 Å². The standard InChI is InChI=1S/C14H15NOS/c1-10-2-4-13-7-11(3-5-12(13)6-10)8-15-14(16)9-17/h2-7,17H,8-9H2,1H3,(H,15,16). The highest BCUT2D eigenvalue weighted by Crippen LogP contribution is 2.17. The van der Waals surface area contributed by atoms with E-state index in [9.17, 15) is 4.79 Å². The first kappa shape index (κ1) is 12.0. The van der Waals surface area contributed by atoms with Gasteiger partial charge in [0.1, 0.15) is 0 Å². The molecular formula is C14H15NOS. The summed E-state index contributed by atoms with van der Waals surface area (Å²) in [4.78, 5) is 11.1. The van der Waals surface area contributed by atoms with Crippen LogP contribution in [0, 0.1) is 6.92 Å². The number of hydrogen-bond acceptors (Lipinski definition) is 2. The molecule has 1 N–H and O–H groups in total. The minimum Gasteiger partial charge on any atom is -0.351 e.